The summed E-state index contributed by atoms with van der Waals surface area (Å²) < 4.78 is 10.0. The molecule has 0 spiro atoms. The molecule has 0 fully saturated rings. The van der Waals surface area contributed by atoms with E-state index in [1.165, 1.54) is 26.4 Å². The fourth-order valence-corrected chi connectivity index (χ4v) is 2.78. The highest BCUT2D eigenvalue weighted by Crippen LogP contribution is 2.28. The van der Waals surface area contributed by atoms with Crippen LogP contribution in [0.2, 0.25) is 10.0 Å². The molecule has 0 aliphatic rings. The van der Waals surface area contributed by atoms with E-state index in [2.05, 4.69) is 5.32 Å². The van der Waals surface area contributed by atoms with Crippen LogP contribution in [0.1, 0.15) is 28.4 Å². The molecule has 0 aliphatic heterocycles. The lowest BCUT2D eigenvalue weighted by atomic mass is 10.1. The molecule has 2 aromatic rings. The number of benzene rings is 2. The number of amides is 1. The Morgan fingerprint density at radius 3 is 2.37 bits per heavy atom. The van der Waals surface area contributed by atoms with Crippen molar-refractivity contribution in [1.29, 1.82) is 0 Å². The summed E-state index contributed by atoms with van der Waals surface area (Å²) in [5, 5.41) is 3.56. The summed E-state index contributed by atoms with van der Waals surface area (Å²) in [5.74, 6) is -0.446. The Hall–Kier alpha value is -2.50. The minimum Gasteiger partial charge on any atom is -0.496 e. The summed E-state index contributed by atoms with van der Waals surface area (Å²) in [6.45, 7) is 3.59. The Bertz CT molecular complexity index is 922. The molecule has 2 rings (SSSR count). The molecule has 0 atom stereocenters. The smallest absolute Gasteiger partial charge is 0.340 e. The number of aryl methyl sites for hydroxylation is 1. The first-order chi connectivity index (χ1) is 12.8. The first-order valence-corrected chi connectivity index (χ1v) is 8.74. The Morgan fingerprint density at radius 2 is 1.78 bits per heavy atom. The highest BCUT2D eigenvalue weighted by Gasteiger charge is 2.17. The van der Waals surface area contributed by atoms with Crippen LogP contribution < -0.4 is 10.1 Å². The number of halogens is 2. The summed E-state index contributed by atoms with van der Waals surface area (Å²) in [6.07, 6.45) is 1.42. The van der Waals surface area contributed by atoms with E-state index in [9.17, 15) is 9.59 Å². The highest BCUT2D eigenvalue weighted by atomic mass is 35.5. The fourth-order valence-electron chi connectivity index (χ4n) is 2.48. The molecule has 2 aromatic carbocycles. The lowest BCUT2D eigenvalue weighted by molar-refractivity contribution is -0.111. The minimum absolute atomic E-state index is 0.203. The van der Waals surface area contributed by atoms with Crippen molar-refractivity contribution in [2.45, 2.75) is 13.8 Å². The predicted octanol–water partition coefficient (Wildman–Crippen LogP) is 5.14. The number of methoxy groups -OCH3 is 2. The van der Waals surface area contributed by atoms with E-state index < -0.39 is 11.9 Å². The van der Waals surface area contributed by atoms with Crippen LogP contribution in [0.5, 0.6) is 5.75 Å². The maximum absolute atomic E-state index is 12.4. The number of hydrogen-bond donors (Lipinski definition) is 1. The first-order valence-electron chi connectivity index (χ1n) is 7.98. The molecule has 1 N–H and O–H groups in total. The molecular weight excluding hydrogens is 389 g/mol. The van der Waals surface area contributed by atoms with Gasteiger partial charge in [0.1, 0.15) is 5.75 Å². The third-order valence-corrected chi connectivity index (χ3v) is 4.66. The van der Waals surface area contributed by atoms with Gasteiger partial charge >= 0.3 is 5.97 Å². The van der Waals surface area contributed by atoms with Crippen molar-refractivity contribution in [3.05, 3.63) is 63.1 Å². The monoisotopic (exact) mass is 407 g/mol. The third kappa shape index (κ3) is 5.02. The molecule has 0 saturated carbocycles. The van der Waals surface area contributed by atoms with Crippen LogP contribution >= 0.6 is 23.2 Å². The zero-order valence-corrected chi connectivity index (χ0v) is 16.9. The van der Waals surface area contributed by atoms with Crippen LogP contribution in [0.25, 0.3) is 5.57 Å². The van der Waals surface area contributed by atoms with Gasteiger partial charge in [0.2, 0.25) is 5.91 Å². The second kappa shape index (κ2) is 8.93. The zero-order valence-electron chi connectivity index (χ0n) is 15.4. The highest BCUT2D eigenvalue weighted by molar-refractivity contribution is 6.42. The Balaban J connectivity index is 2.32. The number of nitrogens with one attached hydrogen (secondary N) is 1. The molecule has 142 valence electrons. The van der Waals surface area contributed by atoms with Crippen LogP contribution in [0.3, 0.4) is 0 Å². The van der Waals surface area contributed by atoms with Gasteiger partial charge in [-0.25, -0.2) is 4.79 Å². The fraction of sp³-hybridized carbons (Fsp3) is 0.200. The van der Waals surface area contributed by atoms with Gasteiger partial charge in [-0.2, -0.15) is 0 Å². The van der Waals surface area contributed by atoms with Gasteiger partial charge < -0.3 is 14.8 Å². The third-order valence-electron chi connectivity index (χ3n) is 3.92. The molecular formula is C20H19Cl2NO4. The maximum atomic E-state index is 12.4. The lowest BCUT2D eigenvalue weighted by Crippen LogP contribution is -2.14. The Kier molecular flexibility index (Phi) is 6.88. The minimum atomic E-state index is -0.575. The van der Waals surface area contributed by atoms with Crippen molar-refractivity contribution >= 4 is 46.3 Å². The summed E-state index contributed by atoms with van der Waals surface area (Å²) in [6, 6.07) is 8.31. The first kappa shape index (κ1) is 20.8. The molecule has 0 aromatic heterocycles. The quantitative estimate of drug-likeness (QED) is 0.550. The summed E-state index contributed by atoms with van der Waals surface area (Å²) >= 11 is 11.9. The van der Waals surface area contributed by atoms with Crippen molar-refractivity contribution in [1.82, 2.24) is 0 Å². The van der Waals surface area contributed by atoms with E-state index in [0.717, 1.165) is 11.1 Å². The van der Waals surface area contributed by atoms with Crippen LogP contribution in [0.4, 0.5) is 5.69 Å². The number of carbonyl (C=O) groups excluding carboxylic acids is 2. The lowest BCUT2D eigenvalue weighted by Gasteiger charge is -2.13. The van der Waals surface area contributed by atoms with E-state index >= 15 is 0 Å². The Labute approximate surface area is 167 Å². The van der Waals surface area contributed by atoms with Gasteiger partial charge in [-0.15, -0.1) is 0 Å². The molecule has 0 heterocycles. The van der Waals surface area contributed by atoms with Crippen molar-refractivity contribution < 1.29 is 19.1 Å². The van der Waals surface area contributed by atoms with Crippen LogP contribution in [-0.4, -0.2) is 26.1 Å². The number of carbonyl (C=O) groups is 2. The van der Waals surface area contributed by atoms with Crippen LogP contribution in [0, 0.1) is 6.92 Å². The van der Waals surface area contributed by atoms with Gasteiger partial charge in [-0.05, 0) is 54.8 Å². The maximum Gasteiger partial charge on any atom is 0.340 e. The number of rotatable bonds is 5. The molecule has 7 heteroatoms. The van der Waals surface area contributed by atoms with E-state index in [4.69, 9.17) is 32.7 Å². The number of esters is 1. The predicted molar refractivity (Wildman–Crippen MR) is 108 cm³/mol. The summed E-state index contributed by atoms with van der Waals surface area (Å²) in [5.41, 5.74) is 2.76. The van der Waals surface area contributed by atoms with Crippen molar-refractivity contribution in [2.24, 2.45) is 0 Å². The van der Waals surface area contributed by atoms with Gasteiger partial charge in [-0.1, -0.05) is 29.3 Å². The van der Waals surface area contributed by atoms with Crippen LogP contribution in [0.15, 0.2) is 36.4 Å². The SMILES string of the molecule is COC(=O)c1cc(OC)c(C)cc1NC(=O)/C=C(/C)c1ccc(Cl)c(Cl)c1. The van der Waals surface area contributed by atoms with Crippen LogP contribution in [-0.2, 0) is 9.53 Å². The van der Waals surface area contributed by atoms with Crippen molar-refractivity contribution in [3.8, 4) is 5.75 Å². The molecule has 0 aliphatic carbocycles. The van der Waals surface area contributed by atoms with Gasteiger partial charge in [0, 0.05) is 6.08 Å². The second-order valence-corrected chi connectivity index (χ2v) is 6.62. The van der Waals surface area contributed by atoms with E-state index in [1.807, 2.05) is 6.92 Å². The number of ether oxygens (including phenoxy) is 2. The van der Waals surface area contributed by atoms with Gasteiger partial charge in [0.05, 0.1) is 35.5 Å². The number of anilines is 1. The van der Waals surface area contributed by atoms with E-state index in [-0.39, 0.29) is 5.56 Å². The number of allylic oxidation sites excluding steroid dienone is 1. The van der Waals surface area contributed by atoms with Gasteiger partial charge in [-0.3, -0.25) is 4.79 Å². The Morgan fingerprint density at radius 1 is 1.07 bits per heavy atom. The van der Waals surface area contributed by atoms with Crippen molar-refractivity contribution in [3.63, 3.8) is 0 Å². The van der Waals surface area contributed by atoms with Gasteiger partial charge in [0.15, 0.2) is 0 Å². The van der Waals surface area contributed by atoms with E-state index in [1.54, 1.807) is 31.2 Å². The van der Waals surface area contributed by atoms with Gasteiger partial charge in [0.25, 0.3) is 0 Å². The average molecular weight is 408 g/mol. The normalized spacial score (nSPS) is 11.1. The molecule has 1 amide bonds. The molecule has 5 nitrogen and oxygen atoms in total. The second-order valence-electron chi connectivity index (χ2n) is 5.80. The standard InChI is InChI=1S/C20H19Cl2NO4/c1-11(13-5-6-15(21)16(22)9-13)8-19(24)23-17-7-12(2)18(26-3)10-14(17)20(25)27-4/h5-10H,1-4H3,(H,23,24)/b11-8-. The molecule has 0 unspecified atom stereocenters. The van der Waals surface area contributed by atoms with E-state index in [0.29, 0.717) is 27.1 Å². The summed E-state index contributed by atoms with van der Waals surface area (Å²) in [4.78, 5) is 24.5. The molecule has 0 bridgehead atoms. The molecule has 0 radical (unpaired) electrons. The zero-order chi connectivity index (χ0) is 20.1. The topological polar surface area (TPSA) is 64.6 Å². The summed E-state index contributed by atoms with van der Waals surface area (Å²) in [7, 11) is 2.78. The van der Waals surface area contributed by atoms with Crippen molar-refractivity contribution in [2.75, 3.05) is 19.5 Å². The molecule has 0 saturated heterocycles. The molecule has 27 heavy (non-hydrogen) atoms. The number of hydrogen-bond acceptors (Lipinski definition) is 4. The average Bonchev–Trinajstić information content (AvgIpc) is 2.63. The largest absolute Gasteiger partial charge is 0.496 e.